The van der Waals surface area contributed by atoms with Crippen molar-refractivity contribution in [1.29, 1.82) is 0 Å². The van der Waals surface area contributed by atoms with Crippen LogP contribution in [0.1, 0.15) is 40.2 Å². The van der Waals surface area contributed by atoms with Crippen LogP contribution >= 0.6 is 0 Å². The number of fused-ring (bicyclic) bond motifs is 1. The molecular weight excluding hydrogens is 288 g/mol. The average molecular weight is 308 g/mol. The largest absolute Gasteiger partial charge is 0.351 e. The van der Waals surface area contributed by atoms with Crippen LogP contribution in [-0.4, -0.2) is 33.4 Å². The van der Waals surface area contributed by atoms with Gasteiger partial charge in [0.2, 0.25) is 5.95 Å². The maximum atomic E-state index is 12.8. The minimum absolute atomic E-state index is 0.0103. The predicted molar refractivity (Wildman–Crippen MR) is 88.3 cm³/mol. The van der Waals surface area contributed by atoms with E-state index in [2.05, 4.69) is 33.5 Å². The van der Waals surface area contributed by atoms with Crippen molar-refractivity contribution in [2.45, 2.75) is 38.8 Å². The Kier molecular flexibility index (Phi) is 3.48. The number of benzene rings is 1. The van der Waals surface area contributed by atoms with E-state index in [-0.39, 0.29) is 5.91 Å². The number of hydrogen-bond acceptors (Lipinski definition) is 4. The number of aryl methyl sites for hydroxylation is 1. The first-order valence-electron chi connectivity index (χ1n) is 8.17. The fourth-order valence-corrected chi connectivity index (χ4v) is 2.98. The molecule has 1 fully saturated rings. The first-order valence-corrected chi connectivity index (χ1v) is 8.17. The Morgan fingerprint density at radius 1 is 1.22 bits per heavy atom. The molecule has 5 heteroatoms. The van der Waals surface area contributed by atoms with Crippen molar-refractivity contribution in [3.8, 4) is 0 Å². The van der Waals surface area contributed by atoms with E-state index >= 15 is 0 Å². The zero-order chi connectivity index (χ0) is 15.8. The molecule has 1 saturated carbocycles. The maximum Gasteiger partial charge on any atom is 0.272 e. The van der Waals surface area contributed by atoms with Gasteiger partial charge in [-0.3, -0.25) is 4.79 Å². The molecule has 2 aromatic rings. The molecule has 0 bridgehead atoms. The van der Waals surface area contributed by atoms with E-state index < -0.39 is 0 Å². The van der Waals surface area contributed by atoms with Crippen LogP contribution in [0.2, 0.25) is 0 Å². The molecule has 0 unspecified atom stereocenters. The van der Waals surface area contributed by atoms with Gasteiger partial charge in [0.05, 0.1) is 0 Å². The minimum atomic E-state index is -0.0103. The van der Waals surface area contributed by atoms with Crippen LogP contribution in [0.15, 0.2) is 30.3 Å². The second-order valence-electron chi connectivity index (χ2n) is 6.38. The minimum Gasteiger partial charge on any atom is -0.351 e. The smallest absolute Gasteiger partial charge is 0.272 e. The maximum absolute atomic E-state index is 12.8. The highest BCUT2D eigenvalue weighted by Crippen LogP contribution is 2.24. The predicted octanol–water partition coefficient (Wildman–Crippen LogP) is 2.56. The third-order valence-electron chi connectivity index (χ3n) is 4.40. The van der Waals surface area contributed by atoms with Crippen molar-refractivity contribution in [3.63, 3.8) is 0 Å². The van der Waals surface area contributed by atoms with Crippen molar-refractivity contribution in [3.05, 3.63) is 52.8 Å². The summed E-state index contributed by atoms with van der Waals surface area (Å²) in [5.74, 6) is 0.567. The lowest BCUT2D eigenvalue weighted by atomic mass is 10.00. The average Bonchev–Trinajstić information content (AvgIpc) is 3.37. The summed E-state index contributed by atoms with van der Waals surface area (Å²) >= 11 is 0. The zero-order valence-corrected chi connectivity index (χ0v) is 13.2. The van der Waals surface area contributed by atoms with Gasteiger partial charge < -0.3 is 10.2 Å². The molecule has 1 amide bonds. The van der Waals surface area contributed by atoms with E-state index in [0.717, 1.165) is 31.5 Å². The van der Waals surface area contributed by atoms with E-state index in [9.17, 15) is 4.79 Å². The molecule has 0 radical (unpaired) electrons. The van der Waals surface area contributed by atoms with E-state index in [0.29, 0.717) is 24.2 Å². The Balaban J connectivity index is 1.56. The van der Waals surface area contributed by atoms with Gasteiger partial charge in [-0.05, 0) is 43.4 Å². The molecule has 0 saturated heterocycles. The van der Waals surface area contributed by atoms with Crippen LogP contribution in [-0.2, 0) is 13.0 Å². The first-order chi connectivity index (χ1) is 11.2. The summed E-state index contributed by atoms with van der Waals surface area (Å²) in [6.07, 6.45) is 3.21. The fourth-order valence-electron chi connectivity index (χ4n) is 2.98. The van der Waals surface area contributed by atoms with Crippen molar-refractivity contribution in [2.24, 2.45) is 0 Å². The van der Waals surface area contributed by atoms with Gasteiger partial charge in [0.15, 0.2) is 0 Å². The number of carbonyl (C=O) groups is 1. The summed E-state index contributed by atoms with van der Waals surface area (Å²) in [7, 11) is 0. The van der Waals surface area contributed by atoms with Gasteiger partial charge >= 0.3 is 0 Å². The van der Waals surface area contributed by atoms with Crippen LogP contribution in [0.4, 0.5) is 5.95 Å². The number of hydrogen-bond donors (Lipinski definition) is 1. The Hall–Kier alpha value is -2.43. The third kappa shape index (κ3) is 3.04. The van der Waals surface area contributed by atoms with Crippen molar-refractivity contribution in [1.82, 2.24) is 14.9 Å². The molecule has 2 heterocycles. The first kappa shape index (κ1) is 14.2. The monoisotopic (exact) mass is 308 g/mol. The van der Waals surface area contributed by atoms with E-state index in [1.54, 1.807) is 6.07 Å². The fraction of sp³-hybridized carbons (Fsp3) is 0.389. The zero-order valence-electron chi connectivity index (χ0n) is 13.2. The second kappa shape index (κ2) is 5.65. The van der Waals surface area contributed by atoms with Gasteiger partial charge in [-0.15, -0.1) is 0 Å². The molecule has 1 N–H and O–H groups in total. The van der Waals surface area contributed by atoms with E-state index in [1.165, 1.54) is 11.1 Å². The number of nitrogens with zero attached hydrogens (tertiary/aromatic N) is 3. The molecule has 5 nitrogen and oxygen atoms in total. The molecule has 2 aliphatic rings. The molecule has 1 aliphatic carbocycles. The molecule has 1 aromatic heterocycles. The van der Waals surface area contributed by atoms with Crippen LogP contribution < -0.4 is 5.32 Å². The molecule has 1 aliphatic heterocycles. The molecule has 0 spiro atoms. The summed E-state index contributed by atoms with van der Waals surface area (Å²) < 4.78 is 0. The number of amides is 1. The lowest BCUT2D eigenvalue weighted by Crippen LogP contribution is -2.36. The van der Waals surface area contributed by atoms with E-state index in [4.69, 9.17) is 0 Å². The summed E-state index contributed by atoms with van der Waals surface area (Å²) in [6, 6.07) is 10.6. The Morgan fingerprint density at radius 2 is 2.00 bits per heavy atom. The van der Waals surface area contributed by atoms with Gasteiger partial charge in [-0.2, -0.15) is 0 Å². The number of rotatable bonds is 3. The van der Waals surface area contributed by atoms with E-state index in [1.807, 2.05) is 17.9 Å². The van der Waals surface area contributed by atoms with Gasteiger partial charge in [-0.1, -0.05) is 24.3 Å². The molecule has 23 heavy (non-hydrogen) atoms. The normalized spacial score (nSPS) is 16.8. The van der Waals surface area contributed by atoms with Crippen molar-refractivity contribution >= 4 is 11.9 Å². The van der Waals surface area contributed by atoms with Crippen LogP contribution in [0.5, 0.6) is 0 Å². The number of nitrogens with one attached hydrogen (secondary N) is 1. The van der Waals surface area contributed by atoms with Crippen LogP contribution in [0.25, 0.3) is 0 Å². The Labute approximate surface area is 135 Å². The SMILES string of the molecule is Cc1cc(C(=O)N2CCc3ccccc3C2)nc(NC2CC2)n1. The highest BCUT2D eigenvalue weighted by Gasteiger charge is 2.25. The molecule has 0 atom stereocenters. The quantitative estimate of drug-likeness (QED) is 0.947. The highest BCUT2D eigenvalue weighted by molar-refractivity contribution is 5.92. The standard InChI is InChI=1S/C18H20N4O/c1-12-10-16(21-18(19-12)20-15-6-7-15)17(23)22-9-8-13-4-2-3-5-14(13)11-22/h2-5,10,15H,6-9,11H2,1H3,(H,19,20,21). The summed E-state index contributed by atoms with van der Waals surface area (Å²) in [6.45, 7) is 3.30. The topological polar surface area (TPSA) is 58.1 Å². The number of aromatic nitrogens is 2. The van der Waals surface area contributed by atoms with Crippen molar-refractivity contribution < 1.29 is 4.79 Å². The third-order valence-corrected chi connectivity index (χ3v) is 4.40. The number of anilines is 1. The molecule has 1 aromatic carbocycles. The van der Waals surface area contributed by atoms with Gasteiger partial charge in [0, 0.05) is 24.8 Å². The van der Waals surface area contributed by atoms with Crippen LogP contribution in [0.3, 0.4) is 0 Å². The summed E-state index contributed by atoms with van der Waals surface area (Å²) in [4.78, 5) is 23.5. The molecule has 118 valence electrons. The Bertz CT molecular complexity index is 754. The second-order valence-corrected chi connectivity index (χ2v) is 6.38. The Morgan fingerprint density at radius 3 is 2.78 bits per heavy atom. The van der Waals surface area contributed by atoms with Crippen LogP contribution in [0, 0.1) is 6.92 Å². The van der Waals surface area contributed by atoms with Gasteiger partial charge in [0.1, 0.15) is 5.69 Å². The van der Waals surface area contributed by atoms with Crippen molar-refractivity contribution in [2.75, 3.05) is 11.9 Å². The molecule has 4 rings (SSSR count). The summed E-state index contributed by atoms with van der Waals surface area (Å²) in [5.41, 5.74) is 3.88. The van der Waals surface area contributed by atoms with Gasteiger partial charge in [0.25, 0.3) is 5.91 Å². The highest BCUT2D eigenvalue weighted by atomic mass is 16.2. The summed E-state index contributed by atoms with van der Waals surface area (Å²) in [5, 5.41) is 3.28. The van der Waals surface area contributed by atoms with Gasteiger partial charge in [-0.25, -0.2) is 9.97 Å². The number of carbonyl (C=O) groups excluding carboxylic acids is 1. The lowest BCUT2D eigenvalue weighted by Gasteiger charge is -2.28. The lowest BCUT2D eigenvalue weighted by molar-refractivity contribution is 0.0728. The molecular formula is C18H20N4O.